The molecule has 1 aliphatic rings. The maximum atomic E-state index is 5.52. The van der Waals surface area contributed by atoms with Gasteiger partial charge in [0.2, 0.25) is 0 Å². The predicted octanol–water partition coefficient (Wildman–Crippen LogP) is 3.50. The van der Waals surface area contributed by atoms with E-state index in [-0.39, 0.29) is 0 Å². The van der Waals surface area contributed by atoms with Gasteiger partial charge < -0.3 is 4.52 Å². The Balaban J connectivity index is 1.80. The third kappa shape index (κ3) is 3.07. The number of rotatable bonds is 3. The third-order valence-corrected chi connectivity index (χ3v) is 3.93. The Morgan fingerprint density at radius 1 is 1.30 bits per heavy atom. The molecule has 0 unspecified atom stereocenters. The fraction of sp³-hybridized carbons (Fsp3) is 0.500. The topological polar surface area (TPSA) is 42.2 Å². The smallest absolute Gasteiger partial charge is 0.154 e. The molecule has 2 aromatic heterocycles. The predicted molar refractivity (Wildman–Crippen MR) is 77.1 cm³/mol. The van der Waals surface area contributed by atoms with Gasteiger partial charge in [0.25, 0.3) is 0 Å². The molecule has 0 bridgehead atoms. The van der Waals surface area contributed by atoms with Crippen molar-refractivity contribution in [2.45, 2.75) is 45.2 Å². The standard InChI is InChI=1S/C16H21N3O/c1-13-11-16(20-18-13)15-8-3-2-6-10-19(15)12-14-7-4-5-9-17-14/h4-5,7,9,11,15H,2-3,6,8,10,12H2,1H3/t15-/m1/s1. The van der Waals surface area contributed by atoms with Crippen molar-refractivity contribution in [2.75, 3.05) is 6.54 Å². The molecule has 0 aliphatic carbocycles. The molecule has 1 fully saturated rings. The molecule has 4 nitrogen and oxygen atoms in total. The lowest BCUT2D eigenvalue weighted by molar-refractivity contribution is 0.158. The largest absolute Gasteiger partial charge is 0.359 e. The van der Waals surface area contributed by atoms with Crippen LogP contribution in [0.1, 0.15) is 48.9 Å². The third-order valence-electron chi connectivity index (χ3n) is 3.93. The van der Waals surface area contributed by atoms with Gasteiger partial charge in [-0.15, -0.1) is 0 Å². The lowest BCUT2D eigenvalue weighted by Crippen LogP contribution is -2.28. The molecule has 3 rings (SSSR count). The molecule has 4 heteroatoms. The van der Waals surface area contributed by atoms with Crippen LogP contribution in [0, 0.1) is 6.92 Å². The molecular formula is C16H21N3O. The van der Waals surface area contributed by atoms with Crippen LogP contribution in [-0.2, 0) is 6.54 Å². The second-order valence-electron chi connectivity index (χ2n) is 5.53. The Hall–Kier alpha value is -1.68. The van der Waals surface area contributed by atoms with E-state index in [9.17, 15) is 0 Å². The Morgan fingerprint density at radius 2 is 2.25 bits per heavy atom. The van der Waals surface area contributed by atoms with Crippen molar-refractivity contribution in [3.8, 4) is 0 Å². The first kappa shape index (κ1) is 13.3. The fourth-order valence-electron chi connectivity index (χ4n) is 2.92. The zero-order valence-electron chi connectivity index (χ0n) is 12.0. The van der Waals surface area contributed by atoms with Crippen molar-refractivity contribution in [2.24, 2.45) is 0 Å². The van der Waals surface area contributed by atoms with Gasteiger partial charge in [0.15, 0.2) is 5.76 Å². The van der Waals surface area contributed by atoms with E-state index >= 15 is 0 Å². The van der Waals surface area contributed by atoms with Crippen molar-refractivity contribution in [3.63, 3.8) is 0 Å². The summed E-state index contributed by atoms with van der Waals surface area (Å²) in [6.07, 6.45) is 6.80. The van der Waals surface area contributed by atoms with Crippen molar-refractivity contribution in [3.05, 3.63) is 47.6 Å². The summed E-state index contributed by atoms with van der Waals surface area (Å²) in [6, 6.07) is 8.51. The van der Waals surface area contributed by atoms with Gasteiger partial charge in [-0.2, -0.15) is 0 Å². The molecule has 0 spiro atoms. The summed E-state index contributed by atoms with van der Waals surface area (Å²) in [7, 11) is 0. The van der Waals surface area contributed by atoms with Crippen LogP contribution >= 0.6 is 0 Å². The van der Waals surface area contributed by atoms with Crippen LogP contribution in [0.25, 0.3) is 0 Å². The summed E-state index contributed by atoms with van der Waals surface area (Å²) in [5, 5.41) is 4.05. The highest BCUT2D eigenvalue weighted by atomic mass is 16.5. The summed E-state index contributed by atoms with van der Waals surface area (Å²) in [5.41, 5.74) is 2.08. The summed E-state index contributed by atoms with van der Waals surface area (Å²) in [5.74, 6) is 1.00. The van der Waals surface area contributed by atoms with Crippen LogP contribution < -0.4 is 0 Å². The minimum atomic E-state index is 0.334. The average molecular weight is 271 g/mol. The lowest BCUT2D eigenvalue weighted by Gasteiger charge is -2.27. The molecule has 1 atom stereocenters. The highest BCUT2D eigenvalue weighted by Gasteiger charge is 2.26. The molecule has 1 aliphatic heterocycles. The zero-order chi connectivity index (χ0) is 13.8. The van der Waals surface area contributed by atoms with Crippen molar-refractivity contribution >= 4 is 0 Å². The zero-order valence-corrected chi connectivity index (χ0v) is 12.0. The molecule has 0 saturated carbocycles. The Morgan fingerprint density at radius 3 is 3.00 bits per heavy atom. The molecule has 0 radical (unpaired) electrons. The van der Waals surface area contributed by atoms with Crippen LogP contribution in [0.4, 0.5) is 0 Å². The number of aryl methyl sites for hydroxylation is 1. The quantitative estimate of drug-likeness (QED) is 0.857. The molecule has 20 heavy (non-hydrogen) atoms. The second-order valence-corrected chi connectivity index (χ2v) is 5.53. The summed E-state index contributed by atoms with van der Waals surface area (Å²) >= 11 is 0. The summed E-state index contributed by atoms with van der Waals surface area (Å²) in [4.78, 5) is 6.93. The number of aromatic nitrogens is 2. The van der Waals surface area contributed by atoms with E-state index in [0.29, 0.717) is 6.04 Å². The molecule has 0 N–H and O–H groups in total. The number of nitrogens with zero attached hydrogens (tertiary/aromatic N) is 3. The highest BCUT2D eigenvalue weighted by Crippen LogP contribution is 2.31. The SMILES string of the molecule is Cc1cc([C@H]2CCCCCN2Cc2ccccn2)on1. The van der Waals surface area contributed by atoms with Crippen LogP contribution in [0.15, 0.2) is 35.0 Å². The molecule has 1 saturated heterocycles. The van der Waals surface area contributed by atoms with Crippen molar-refractivity contribution in [1.82, 2.24) is 15.0 Å². The van der Waals surface area contributed by atoms with Crippen LogP contribution in [-0.4, -0.2) is 21.6 Å². The minimum absolute atomic E-state index is 0.334. The van der Waals surface area contributed by atoms with Gasteiger partial charge in [0.1, 0.15) is 0 Å². The number of likely N-dealkylation sites (tertiary alicyclic amines) is 1. The minimum Gasteiger partial charge on any atom is -0.359 e. The van der Waals surface area contributed by atoms with Gasteiger partial charge in [-0.3, -0.25) is 9.88 Å². The van der Waals surface area contributed by atoms with Gasteiger partial charge in [-0.25, -0.2) is 0 Å². The maximum Gasteiger partial charge on any atom is 0.154 e. The maximum absolute atomic E-state index is 5.52. The van der Waals surface area contributed by atoms with E-state index in [1.165, 1.54) is 19.3 Å². The van der Waals surface area contributed by atoms with E-state index in [4.69, 9.17) is 4.52 Å². The molecule has 2 aromatic rings. The molecular weight excluding hydrogens is 250 g/mol. The Kier molecular flexibility index (Phi) is 4.11. The molecule has 106 valence electrons. The lowest BCUT2D eigenvalue weighted by atomic mass is 10.1. The Bertz CT molecular complexity index is 538. The average Bonchev–Trinajstić information content (AvgIpc) is 2.76. The monoisotopic (exact) mass is 271 g/mol. The first-order valence-corrected chi connectivity index (χ1v) is 7.40. The summed E-state index contributed by atoms with van der Waals surface area (Å²) in [6.45, 7) is 3.96. The summed E-state index contributed by atoms with van der Waals surface area (Å²) < 4.78 is 5.52. The molecule has 0 amide bonds. The molecule has 3 heterocycles. The van der Waals surface area contributed by atoms with Gasteiger partial charge in [-0.05, 0) is 38.4 Å². The van der Waals surface area contributed by atoms with Gasteiger partial charge in [0.05, 0.1) is 17.4 Å². The van der Waals surface area contributed by atoms with Crippen LogP contribution in [0.5, 0.6) is 0 Å². The van der Waals surface area contributed by atoms with E-state index in [1.54, 1.807) is 0 Å². The molecule has 0 aromatic carbocycles. The first-order valence-electron chi connectivity index (χ1n) is 7.40. The number of pyridine rings is 1. The first-order chi connectivity index (χ1) is 9.83. The second kappa shape index (κ2) is 6.18. The van der Waals surface area contributed by atoms with E-state index < -0.39 is 0 Å². The van der Waals surface area contributed by atoms with E-state index in [0.717, 1.165) is 36.7 Å². The van der Waals surface area contributed by atoms with Crippen LogP contribution in [0.2, 0.25) is 0 Å². The van der Waals surface area contributed by atoms with E-state index in [1.807, 2.05) is 25.3 Å². The van der Waals surface area contributed by atoms with E-state index in [2.05, 4.69) is 27.2 Å². The number of hydrogen-bond donors (Lipinski definition) is 0. The normalized spacial score (nSPS) is 20.8. The number of hydrogen-bond acceptors (Lipinski definition) is 4. The van der Waals surface area contributed by atoms with Gasteiger partial charge >= 0.3 is 0 Å². The van der Waals surface area contributed by atoms with Crippen molar-refractivity contribution < 1.29 is 4.52 Å². The van der Waals surface area contributed by atoms with Crippen molar-refractivity contribution in [1.29, 1.82) is 0 Å². The fourth-order valence-corrected chi connectivity index (χ4v) is 2.92. The van der Waals surface area contributed by atoms with Crippen LogP contribution in [0.3, 0.4) is 0 Å². The highest BCUT2D eigenvalue weighted by molar-refractivity contribution is 5.10. The van der Waals surface area contributed by atoms with Gasteiger partial charge in [0, 0.05) is 18.8 Å². The van der Waals surface area contributed by atoms with Gasteiger partial charge in [-0.1, -0.05) is 24.1 Å². The Labute approximate surface area is 119 Å².